The van der Waals surface area contributed by atoms with Crippen molar-refractivity contribution in [3.05, 3.63) is 33.8 Å². The van der Waals surface area contributed by atoms with Gasteiger partial charge in [0, 0.05) is 24.2 Å². The number of halogens is 2. The Balaban J connectivity index is 2.00. The van der Waals surface area contributed by atoms with E-state index in [9.17, 15) is 9.90 Å². The first-order chi connectivity index (χ1) is 9.01. The number of carbonyl (C=O) groups excluding carboxylic acids is 1. The number of hydrogen-bond acceptors (Lipinski definition) is 3. The van der Waals surface area contributed by atoms with Gasteiger partial charge in [0.05, 0.1) is 16.7 Å². The second kappa shape index (κ2) is 6.09. The molecular formula is C13H16Cl2N2O2. The summed E-state index contributed by atoms with van der Waals surface area (Å²) in [4.78, 5) is 14.1. The van der Waals surface area contributed by atoms with Gasteiger partial charge in [0.2, 0.25) is 0 Å². The van der Waals surface area contributed by atoms with Crippen molar-refractivity contribution < 1.29 is 9.90 Å². The number of likely N-dealkylation sites (tertiary alicyclic amines) is 1. The number of aliphatic hydroxyl groups excluding tert-OH is 1. The molecule has 1 heterocycles. The van der Waals surface area contributed by atoms with E-state index < -0.39 is 0 Å². The van der Waals surface area contributed by atoms with E-state index in [4.69, 9.17) is 23.2 Å². The monoisotopic (exact) mass is 302 g/mol. The standard InChI is InChI=1S/C13H16Cl2N2O2/c1-17-6-9(5-10(17)7-18)16-13(19)8-2-3-11(14)12(15)4-8/h2-4,9-10,18H,5-7H2,1H3,(H,16,19)/t9-,10+/m1/s1. The van der Waals surface area contributed by atoms with Crippen molar-refractivity contribution in [1.82, 2.24) is 10.2 Å². The summed E-state index contributed by atoms with van der Waals surface area (Å²) >= 11 is 11.7. The zero-order valence-electron chi connectivity index (χ0n) is 10.6. The number of hydrogen-bond donors (Lipinski definition) is 2. The molecule has 0 aromatic heterocycles. The Morgan fingerprint density at radius 1 is 1.47 bits per heavy atom. The fraction of sp³-hybridized carbons (Fsp3) is 0.462. The highest BCUT2D eigenvalue weighted by Gasteiger charge is 2.29. The summed E-state index contributed by atoms with van der Waals surface area (Å²) < 4.78 is 0. The van der Waals surface area contributed by atoms with Crippen LogP contribution in [0.4, 0.5) is 0 Å². The fourth-order valence-corrected chi connectivity index (χ4v) is 2.60. The van der Waals surface area contributed by atoms with Crippen LogP contribution in [0.25, 0.3) is 0 Å². The lowest BCUT2D eigenvalue weighted by atomic mass is 10.1. The Morgan fingerprint density at radius 2 is 2.21 bits per heavy atom. The third-order valence-electron chi connectivity index (χ3n) is 3.42. The molecule has 1 aliphatic rings. The molecule has 1 amide bonds. The maximum absolute atomic E-state index is 12.1. The number of nitrogens with zero attached hydrogens (tertiary/aromatic N) is 1. The van der Waals surface area contributed by atoms with Gasteiger partial charge in [-0.3, -0.25) is 9.69 Å². The molecule has 0 bridgehead atoms. The number of rotatable bonds is 3. The highest BCUT2D eigenvalue weighted by Crippen LogP contribution is 2.23. The highest BCUT2D eigenvalue weighted by molar-refractivity contribution is 6.42. The lowest BCUT2D eigenvalue weighted by Crippen LogP contribution is -2.36. The van der Waals surface area contributed by atoms with E-state index in [1.807, 2.05) is 11.9 Å². The summed E-state index contributed by atoms with van der Waals surface area (Å²) in [6.45, 7) is 0.841. The molecule has 6 heteroatoms. The normalized spacial score (nSPS) is 23.6. The number of benzene rings is 1. The minimum Gasteiger partial charge on any atom is -0.395 e. The van der Waals surface area contributed by atoms with Crippen molar-refractivity contribution in [3.8, 4) is 0 Å². The van der Waals surface area contributed by atoms with Crippen LogP contribution in [0, 0.1) is 0 Å². The number of nitrogens with one attached hydrogen (secondary N) is 1. The zero-order chi connectivity index (χ0) is 14.0. The average Bonchev–Trinajstić information content (AvgIpc) is 2.72. The Bertz CT molecular complexity index is 482. The molecule has 2 atom stereocenters. The second-order valence-electron chi connectivity index (χ2n) is 4.81. The van der Waals surface area contributed by atoms with Crippen LogP contribution in [-0.2, 0) is 0 Å². The molecule has 0 radical (unpaired) electrons. The summed E-state index contributed by atoms with van der Waals surface area (Å²) in [6, 6.07) is 4.96. The molecule has 1 saturated heterocycles. The van der Waals surface area contributed by atoms with Crippen molar-refractivity contribution in [2.45, 2.75) is 18.5 Å². The van der Waals surface area contributed by atoms with E-state index in [0.717, 1.165) is 13.0 Å². The van der Waals surface area contributed by atoms with E-state index in [0.29, 0.717) is 15.6 Å². The van der Waals surface area contributed by atoms with Gasteiger partial charge in [-0.15, -0.1) is 0 Å². The van der Waals surface area contributed by atoms with Crippen LogP contribution in [0.15, 0.2) is 18.2 Å². The van der Waals surface area contributed by atoms with E-state index in [2.05, 4.69) is 5.32 Å². The predicted molar refractivity (Wildman–Crippen MR) is 75.8 cm³/mol. The molecule has 19 heavy (non-hydrogen) atoms. The van der Waals surface area contributed by atoms with Crippen LogP contribution in [-0.4, -0.2) is 48.2 Å². The smallest absolute Gasteiger partial charge is 0.251 e. The predicted octanol–water partition coefficient (Wildman–Crippen LogP) is 1.79. The molecule has 1 aromatic rings. The number of aliphatic hydroxyl groups is 1. The summed E-state index contributed by atoms with van der Waals surface area (Å²) in [6.07, 6.45) is 0.750. The number of likely N-dealkylation sites (N-methyl/N-ethyl adjacent to an activating group) is 1. The maximum Gasteiger partial charge on any atom is 0.251 e. The molecule has 0 saturated carbocycles. The van der Waals surface area contributed by atoms with Crippen molar-refractivity contribution >= 4 is 29.1 Å². The van der Waals surface area contributed by atoms with Gasteiger partial charge in [-0.2, -0.15) is 0 Å². The van der Waals surface area contributed by atoms with Gasteiger partial charge in [-0.1, -0.05) is 23.2 Å². The van der Waals surface area contributed by atoms with Gasteiger partial charge in [-0.05, 0) is 31.7 Å². The van der Waals surface area contributed by atoms with Crippen molar-refractivity contribution in [3.63, 3.8) is 0 Å². The van der Waals surface area contributed by atoms with Crippen LogP contribution in [0.2, 0.25) is 10.0 Å². The molecule has 0 aliphatic carbocycles. The Hall–Kier alpha value is -0.810. The maximum atomic E-state index is 12.1. The zero-order valence-corrected chi connectivity index (χ0v) is 12.1. The molecule has 4 nitrogen and oxygen atoms in total. The first kappa shape index (κ1) is 14.6. The topological polar surface area (TPSA) is 52.6 Å². The second-order valence-corrected chi connectivity index (χ2v) is 5.63. The average molecular weight is 303 g/mol. The largest absolute Gasteiger partial charge is 0.395 e. The lowest BCUT2D eigenvalue weighted by Gasteiger charge is -2.15. The Kier molecular flexibility index (Phi) is 4.68. The van der Waals surface area contributed by atoms with Crippen LogP contribution in [0.3, 0.4) is 0 Å². The Labute approximate surface area is 122 Å². The van der Waals surface area contributed by atoms with Crippen LogP contribution in [0.1, 0.15) is 16.8 Å². The fourth-order valence-electron chi connectivity index (χ4n) is 2.30. The quantitative estimate of drug-likeness (QED) is 0.895. The van der Waals surface area contributed by atoms with E-state index in [1.54, 1.807) is 18.2 Å². The van der Waals surface area contributed by atoms with Crippen LogP contribution < -0.4 is 5.32 Å². The summed E-state index contributed by atoms with van der Waals surface area (Å²) in [5.41, 5.74) is 0.490. The third-order valence-corrected chi connectivity index (χ3v) is 4.16. The van der Waals surface area contributed by atoms with Crippen molar-refractivity contribution in [1.29, 1.82) is 0 Å². The molecule has 2 rings (SSSR count). The first-order valence-corrected chi connectivity index (χ1v) is 6.84. The number of amides is 1. The van der Waals surface area contributed by atoms with Gasteiger partial charge < -0.3 is 10.4 Å². The first-order valence-electron chi connectivity index (χ1n) is 6.08. The minimum atomic E-state index is -0.171. The van der Waals surface area contributed by atoms with Crippen molar-refractivity contribution in [2.75, 3.05) is 20.2 Å². The summed E-state index contributed by atoms with van der Waals surface area (Å²) in [7, 11) is 1.94. The Morgan fingerprint density at radius 3 is 2.79 bits per heavy atom. The van der Waals surface area contributed by atoms with Crippen molar-refractivity contribution in [2.24, 2.45) is 0 Å². The molecule has 1 aromatic carbocycles. The lowest BCUT2D eigenvalue weighted by molar-refractivity contribution is 0.0938. The van der Waals surface area contributed by atoms with E-state index in [-0.39, 0.29) is 24.6 Å². The van der Waals surface area contributed by atoms with Gasteiger partial charge >= 0.3 is 0 Å². The molecule has 0 unspecified atom stereocenters. The van der Waals surface area contributed by atoms with Crippen LogP contribution in [0.5, 0.6) is 0 Å². The summed E-state index contributed by atoms with van der Waals surface area (Å²) in [5, 5.41) is 12.9. The highest BCUT2D eigenvalue weighted by atomic mass is 35.5. The minimum absolute atomic E-state index is 0.0455. The molecule has 104 valence electrons. The SMILES string of the molecule is CN1C[C@H](NC(=O)c2ccc(Cl)c(Cl)c2)C[C@H]1CO. The van der Waals surface area contributed by atoms with Gasteiger partial charge in [0.15, 0.2) is 0 Å². The van der Waals surface area contributed by atoms with Gasteiger partial charge in [0.1, 0.15) is 0 Å². The molecule has 1 aliphatic heterocycles. The van der Waals surface area contributed by atoms with Gasteiger partial charge in [-0.25, -0.2) is 0 Å². The molecular weight excluding hydrogens is 287 g/mol. The van der Waals surface area contributed by atoms with Crippen LogP contribution >= 0.6 is 23.2 Å². The molecule has 1 fully saturated rings. The molecule has 0 spiro atoms. The number of carbonyl (C=O) groups is 1. The van der Waals surface area contributed by atoms with E-state index in [1.165, 1.54) is 0 Å². The summed E-state index contributed by atoms with van der Waals surface area (Å²) in [5.74, 6) is -0.171. The van der Waals surface area contributed by atoms with E-state index >= 15 is 0 Å². The van der Waals surface area contributed by atoms with Gasteiger partial charge in [0.25, 0.3) is 5.91 Å². The third kappa shape index (κ3) is 3.39. The molecule has 2 N–H and O–H groups in total.